The van der Waals surface area contributed by atoms with Gasteiger partial charge in [-0.15, -0.1) is 11.3 Å². The third kappa shape index (κ3) is 5.21. The van der Waals surface area contributed by atoms with Crippen LogP contribution in [0.2, 0.25) is 0 Å². The molecule has 1 aromatic heterocycles. The number of amides is 1. The molecule has 8 heteroatoms. The van der Waals surface area contributed by atoms with Crippen molar-refractivity contribution in [3.8, 4) is 11.3 Å². The predicted octanol–water partition coefficient (Wildman–Crippen LogP) is 4.09. The molecule has 0 saturated heterocycles. The first kappa shape index (κ1) is 21.0. The van der Waals surface area contributed by atoms with Crippen molar-refractivity contribution in [2.75, 3.05) is 22.4 Å². The van der Waals surface area contributed by atoms with Gasteiger partial charge in [0.05, 0.1) is 17.6 Å². The number of thiazole rings is 1. The van der Waals surface area contributed by atoms with Gasteiger partial charge < -0.3 is 5.32 Å². The molecular formula is C21H23N3O3S2. The van der Waals surface area contributed by atoms with E-state index in [1.165, 1.54) is 16.9 Å². The third-order valence-corrected chi connectivity index (χ3v) is 6.36. The van der Waals surface area contributed by atoms with Crippen LogP contribution in [0, 0.1) is 6.92 Å². The van der Waals surface area contributed by atoms with E-state index in [2.05, 4.69) is 29.4 Å². The van der Waals surface area contributed by atoms with E-state index in [4.69, 9.17) is 0 Å². The fraction of sp³-hybridized carbons (Fsp3) is 0.238. The zero-order valence-electron chi connectivity index (χ0n) is 16.5. The highest BCUT2D eigenvalue weighted by molar-refractivity contribution is 7.92. The Kier molecular flexibility index (Phi) is 6.34. The molecule has 0 radical (unpaired) electrons. The number of sulfonamides is 1. The third-order valence-electron chi connectivity index (χ3n) is 4.48. The van der Waals surface area contributed by atoms with Crippen LogP contribution in [0.4, 0.5) is 10.8 Å². The van der Waals surface area contributed by atoms with E-state index < -0.39 is 15.9 Å². The molecule has 0 aliphatic rings. The Balaban J connectivity index is 1.74. The van der Waals surface area contributed by atoms with Gasteiger partial charge in [-0.3, -0.25) is 9.10 Å². The van der Waals surface area contributed by atoms with E-state index in [1.54, 1.807) is 12.1 Å². The first-order valence-corrected chi connectivity index (χ1v) is 11.9. The highest BCUT2D eigenvalue weighted by Crippen LogP contribution is 2.26. The van der Waals surface area contributed by atoms with E-state index in [1.807, 2.05) is 36.6 Å². The first-order chi connectivity index (χ1) is 13.8. The van der Waals surface area contributed by atoms with Gasteiger partial charge in [0.1, 0.15) is 6.54 Å². The van der Waals surface area contributed by atoms with Crippen LogP contribution in [0.5, 0.6) is 0 Å². The van der Waals surface area contributed by atoms with Crippen LogP contribution in [0.15, 0.2) is 53.9 Å². The number of aryl methyl sites for hydroxylation is 2. The van der Waals surface area contributed by atoms with Crippen molar-refractivity contribution in [2.45, 2.75) is 20.3 Å². The van der Waals surface area contributed by atoms with Gasteiger partial charge in [-0.05, 0) is 30.5 Å². The predicted molar refractivity (Wildman–Crippen MR) is 119 cm³/mol. The molecule has 3 rings (SSSR count). The number of carbonyl (C=O) groups is 1. The second kappa shape index (κ2) is 8.75. The number of aromatic nitrogens is 1. The number of nitrogens with one attached hydrogen (secondary N) is 1. The maximum Gasteiger partial charge on any atom is 0.246 e. The summed E-state index contributed by atoms with van der Waals surface area (Å²) in [7, 11) is -3.62. The summed E-state index contributed by atoms with van der Waals surface area (Å²) in [4.78, 5) is 17.0. The maximum atomic E-state index is 12.5. The Morgan fingerprint density at radius 3 is 2.45 bits per heavy atom. The van der Waals surface area contributed by atoms with Gasteiger partial charge in [-0.2, -0.15) is 0 Å². The second-order valence-corrected chi connectivity index (χ2v) is 9.46. The smallest absolute Gasteiger partial charge is 0.246 e. The van der Waals surface area contributed by atoms with Crippen LogP contribution in [0.25, 0.3) is 11.3 Å². The molecule has 1 amide bonds. The Bertz CT molecular complexity index is 1110. The van der Waals surface area contributed by atoms with Crippen LogP contribution in [0.1, 0.15) is 18.1 Å². The van der Waals surface area contributed by atoms with Gasteiger partial charge >= 0.3 is 0 Å². The SMILES string of the molecule is CCc1ccc(-c2csc(NC(=O)CN(c3ccccc3C)S(C)(=O)=O)n2)cc1. The molecule has 29 heavy (non-hydrogen) atoms. The van der Waals surface area contributed by atoms with Gasteiger partial charge in [0.15, 0.2) is 5.13 Å². The molecule has 1 N–H and O–H groups in total. The Hall–Kier alpha value is -2.71. The van der Waals surface area contributed by atoms with Crippen LogP contribution in [-0.4, -0.2) is 32.1 Å². The normalized spacial score (nSPS) is 11.3. The standard InChI is InChI=1S/C21H23N3O3S2/c1-4-16-9-11-17(12-10-16)18-14-28-21(22-18)23-20(25)13-24(29(3,26)27)19-8-6-5-7-15(19)2/h5-12,14H,4,13H2,1-3H3,(H,22,23,25). The first-order valence-electron chi connectivity index (χ1n) is 9.16. The molecule has 0 fully saturated rings. The van der Waals surface area contributed by atoms with E-state index in [-0.39, 0.29) is 6.54 Å². The molecule has 0 aliphatic carbocycles. The van der Waals surface area contributed by atoms with Crippen LogP contribution < -0.4 is 9.62 Å². The van der Waals surface area contributed by atoms with E-state index in [9.17, 15) is 13.2 Å². The van der Waals surface area contributed by atoms with Crippen molar-refractivity contribution >= 4 is 38.1 Å². The second-order valence-electron chi connectivity index (χ2n) is 6.69. The summed E-state index contributed by atoms with van der Waals surface area (Å²) in [5.41, 5.74) is 4.25. The van der Waals surface area contributed by atoms with Crippen LogP contribution in [-0.2, 0) is 21.2 Å². The number of nitrogens with zero attached hydrogens (tertiary/aromatic N) is 2. The fourth-order valence-electron chi connectivity index (χ4n) is 2.89. The molecule has 2 aromatic carbocycles. The van der Waals surface area contributed by atoms with E-state index in [0.717, 1.165) is 33.8 Å². The summed E-state index contributed by atoms with van der Waals surface area (Å²) in [6.45, 7) is 3.59. The highest BCUT2D eigenvalue weighted by atomic mass is 32.2. The van der Waals surface area contributed by atoms with Crippen molar-refractivity contribution in [1.29, 1.82) is 0 Å². The lowest BCUT2D eigenvalue weighted by Gasteiger charge is -2.23. The zero-order chi connectivity index (χ0) is 21.0. The van der Waals surface area contributed by atoms with Crippen molar-refractivity contribution in [3.05, 3.63) is 65.0 Å². The maximum absolute atomic E-state index is 12.5. The fourth-order valence-corrected chi connectivity index (χ4v) is 4.54. The van der Waals surface area contributed by atoms with E-state index in [0.29, 0.717) is 10.8 Å². The summed E-state index contributed by atoms with van der Waals surface area (Å²) in [6.07, 6.45) is 2.06. The lowest BCUT2D eigenvalue weighted by molar-refractivity contribution is -0.114. The average molecular weight is 430 g/mol. The zero-order valence-corrected chi connectivity index (χ0v) is 18.2. The summed E-state index contributed by atoms with van der Waals surface area (Å²) in [6, 6.07) is 15.2. The van der Waals surface area contributed by atoms with Crippen LogP contribution >= 0.6 is 11.3 Å². The largest absolute Gasteiger partial charge is 0.300 e. The average Bonchev–Trinajstić information content (AvgIpc) is 3.14. The van der Waals surface area contributed by atoms with Crippen molar-refractivity contribution in [3.63, 3.8) is 0 Å². The molecular weight excluding hydrogens is 406 g/mol. The summed E-state index contributed by atoms with van der Waals surface area (Å²) in [5, 5.41) is 5.01. The molecule has 0 atom stereocenters. The van der Waals surface area contributed by atoms with Gasteiger partial charge in [-0.25, -0.2) is 13.4 Å². The minimum atomic E-state index is -3.62. The van der Waals surface area contributed by atoms with Crippen molar-refractivity contribution in [2.24, 2.45) is 0 Å². The van der Waals surface area contributed by atoms with Crippen LogP contribution in [0.3, 0.4) is 0 Å². The van der Waals surface area contributed by atoms with Gasteiger partial charge in [0, 0.05) is 10.9 Å². The monoisotopic (exact) mass is 429 g/mol. The van der Waals surface area contributed by atoms with Crippen molar-refractivity contribution < 1.29 is 13.2 Å². The number of carbonyl (C=O) groups excluding carboxylic acids is 1. The molecule has 1 heterocycles. The van der Waals surface area contributed by atoms with Gasteiger partial charge in [-0.1, -0.05) is 49.4 Å². The Labute approximate surface area is 175 Å². The number of anilines is 2. The van der Waals surface area contributed by atoms with Gasteiger partial charge in [0.25, 0.3) is 0 Å². The van der Waals surface area contributed by atoms with Gasteiger partial charge in [0.2, 0.25) is 15.9 Å². The molecule has 0 spiro atoms. The van der Waals surface area contributed by atoms with E-state index >= 15 is 0 Å². The number of benzene rings is 2. The summed E-state index contributed by atoms with van der Waals surface area (Å²) in [5.74, 6) is -0.444. The lowest BCUT2D eigenvalue weighted by atomic mass is 10.1. The number of hydrogen-bond donors (Lipinski definition) is 1. The minimum absolute atomic E-state index is 0.316. The summed E-state index contributed by atoms with van der Waals surface area (Å²) >= 11 is 1.31. The molecule has 0 saturated carbocycles. The molecule has 0 bridgehead atoms. The molecule has 3 aromatic rings. The minimum Gasteiger partial charge on any atom is -0.300 e. The lowest BCUT2D eigenvalue weighted by Crippen LogP contribution is -2.37. The molecule has 6 nitrogen and oxygen atoms in total. The van der Waals surface area contributed by atoms with Crippen molar-refractivity contribution in [1.82, 2.24) is 4.98 Å². The Morgan fingerprint density at radius 1 is 1.14 bits per heavy atom. The quantitative estimate of drug-likeness (QED) is 0.614. The summed E-state index contributed by atoms with van der Waals surface area (Å²) < 4.78 is 25.6. The Morgan fingerprint density at radius 2 is 1.83 bits per heavy atom. The molecule has 152 valence electrons. The topological polar surface area (TPSA) is 79.4 Å². The number of rotatable bonds is 7. The number of hydrogen-bond acceptors (Lipinski definition) is 5. The highest BCUT2D eigenvalue weighted by Gasteiger charge is 2.22. The number of para-hydroxylation sites is 1. The molecule has 0 unspecified atom stereocenters. The molecule has 0 aliphatic heterocycles.